The van der Waals surface area contributed by atoms with Crippen molar-refractivity contribution in [1.29, 1.82) is 0 Å². The van der Waals surface area contributed by atoms with Crippen LogP contribution in [0, 0.1) is 0 Å². The Labute approximate surface area is 95.3 Å². The molecule has 3 N–H and O–H groups in total. The third-order valence-electron chi connectivity index (χ3n) is 2.38. The molecule has 15 heavy (non-hydrogen) atoms. The van der Waals surface area contributed by atoms with E-state index in [1.54, 1.807) is 0 Å². The first-order valence-electron chi connectivity index (χ1n) is 4.19. The molecule has 0 aromatic carbocycles. The number of nitrogens with two attached hydrogens (primary N) is 1. The summed E-state index contributed by atoms with van der Waals surface area (Å²) in [5, 5.41) is 10.1. The van der Waals surface area contributed by atoms with Gasteiger partial charge in [-0.05, 0) is 0 Å². The normalized spacial score (nSPS) is 29.7. The van der Waals surface area contributed by atoms with E-state index in [9.17, 15) is 9.59 Å². The highest BCUT2D eigenvalue weighted by atomic mass is 32.2. The molecular weight excluding hydrogens is 236 g/mol. The van der Waals surface area contributed by atoms with Crippen LogP contribution in [0.25, 0.3) is 0 Å². The number of nitrogens with zero attached hydrogens (tertiary/aromatic N) is 1. The lowest BCUT2D eigenvalue weighted by Gasteiger charge is -2.47. The fraction of sp³-hybridized carbons (Fsp3) is 0.375. The fourth-order valence-electron chi connectivity index (χ4n) is 1.63. The zero-order valence-electron chi connectivity index (χ0n) is 7.54. The van der Waals surface area contributed by atoms with E-state index < -0.39 is 12.0 Å². The van der Waals surface area contributed by atoms with Gasteiger partial charge in [0.25, 0.3) is 0 Å². The maximum absolute atomic E-state index is 11.4. The van der Waals surface area contributed by atoms with E-state index in [4.69, 9.17) is 23.1 Å². The van der Waals surface area contributed by atoms with Gasteiger partial charge in [-0.15, -0.1) is 11.8 Å². The Kier molecular flexibility index (Phi) is 2.53. The van der Waals surface area contributed by atoms with Crippen molar-refractivity contribution >= 4 is 41.2 Å². The molecule has 2 heterocycles. The molecule has 1 fully saturated rings. The molecule has 80 valence electrons. The largest absolute Gasteiger partial charge is 0.477 e. The number of hydrogen-bond acceptors (Lipinski definition) is 5. The number of β-lactam (4-membered cyclic amide) rings is 1. The summed E-state index contributed by atoms with van der Waals surface area (Å²) in [6.45, 7) is 0. The minimum absolute atomic E-state index is 0.0135. The molecule has 0 saturated carbocycles. The first-order chi connectivity index (χ1) is 7.07. The first kappa shape index (κ1) is 10.6. The van der Waals surface area contributed by atoms with Crippen LogP contribution in [-0.2, 0) is 9.59 Å². The molecule has 2 aliphatic heterocycles. The SMILES string of the molecule is NC1C(=O)N2C(C(=O)O)=C(C=S)CS[C@@H]12. The summed E-state index contributed by atoms with van der Waals surface area (Å²) in [6, 6.07) is -0.587. The zero-order valence-corrected chi connectivity index (χ0v) is 9.18. The summed E-state index contributed by atoms with van der Waals surface area (Å²) in [7, 11) is 0. The highest BCUT2D eigenvalue weighted by Crippen LogP contribution is 2.38. The molecule has 1 amide bonds. The summed E-state index contributed by atoms with van der Waals surface area (Å²) in [6.07, 6.45) is 0. The zero-order chi connectivity index (χ0) is 11.2. The molecule has 2 aliphatic rings. The van der Waals surface area contributed by atoms with E-state index in [2.05, 4.69) is 0 Å². The Bertz CT molecular complexity index is 393. The van der Waals surface area contributed by atoms with Gasteiger partial charge in [-0.2, -0.15) is 0 Å². The number of thiocarbonyl (C=S) groups is 1. The van der Waals surface area contributed by atoms with Gasteiger partial charge in [0.05, 0.1) is 0 Å². The Balaban J connectivity index is 2.42. The first-order valence-corrected chi connectivity index (χ1v) is 5.72. The smallest absolute Gasteiger partial charge is 0.352 e. The van der Waals surface area contributed by atoms with Crippen LogP contribution < -0.4 is 5.73 Å². The molecule has 2 atom stereocenters. The van der Waals surface area contributed by atoms with Crippen LogP contribution >= 0.6 is 24.0 Å². The van der Waals surface area contributed by atoms with Gasteiger partial charge in [0.1, 0.15) is 17.1 Å². The topological polar surface area (TPSA) is 83.6 Å². The number of carboxylic acids is 1. The van der Waals surface area contributed by atoms with Crippen molar-refractivity contribution in [2.45, 2.75) is 11.4 Å². The van der Waals surface area contributed by atoms with Gasteiger partial charge in [0.15, 0.2) is 0 Å². The second-order valence-electron chi connectivity index (χ2n) is 3.23. The molecule has 1 unspecified atom stereocenters. The third-order valence-corrected chi connectivity index (χ3v) is 3.99. The van der Waals surface area contributed by atoms with Crippen molar-refractivity contribution in [1.82, 2.24) is 4.90 Å². The number of carbonyl (C=O) groups excluding carboxylic acids is 1. The second kappa shape index (κ2) is 3.58. The standard InChI is InChI=1S/C8H8N2O3S2/c9-4-6(11)10-5(8(12)13)3(1-14)2-15-7(4)10/h1,4,7H,2,9H2,(H,12,13)/t4?,7-/m0/s1. The fourth-order valence-corrected chi connectivity index (χ4v) is 3.18. The number of carboxylic acid groups (broad SMARTS) is 1. The van der Waals surface area contributed by atoms with Crippen molar-refractivity contribution in [3.8, 4) is 0 Å². The summed E-state index contributed by atoms with van der Waals surface area (Å²) in [4.78, 5) is 23.6. The Hall–Kier alpha value is -0.920. The Morgan fingerprint density at radius 1 is 1.73 bits per heavy atom. The van der Waals surface area contributed by atoms with E-state index in [1.165, 1.54) is 22.0 Å². The van der Waals surface area contributed by atoms with Gasteiger partial charge in [0.2, 0.25) is 5.91 Å². The quantitative estimate of drug-likeness (QED) is 0.506. The van der Waals surface area contributed by atoms with Crippen LogP contribution in [0.4, 0.5) is 0 Å². The second-order valence-corrected chi connectivity index (χ2v) is 4.57. The number of hydrogen-bond donors (Lipinski definition) is 2. The molecule has 0 aromatic rings. The summed E-state index contributed by atoms with van der Waals surface area (Å²) in [5.41, 5.74) is 6.05. The average molecular weight is 244 g/mol. The van der Waals surface area contributed by atoms with Crippen molar-refractivity contribution in [2.24, 2.45) is 5.73 Å². The van der Waals surface area contributed by atoms with Crippen LogP contribution in [0.3, 0.4) is 0 Å². The maximum atomic E-state index is 11.4. The van der Waals surface area contributed by atoms with Crippen molar-refractivity contribution in [2.75, 3.05) is 5.75 Å². The monoisotopic (exact) mass is 244 g/mol. The van der Waals surface area contributed by atoms with E-state index in [0.29, 0.717) is 11.3 Å². The number of rotatable bonds is 2. The lowest BCUT2D eigenvalue weighted by molar-refractivity contribution is -0.147. The predicted octanol–water partition coefficient (Wildman–Crippen LogP) is -0.433. The molecule has 0 bridgehead atoms. The maximum Gasteiger partial charge on any atom is 0.352 e. The van der Waals surface area contributed by atoms with Crippen molar-refractivity contribution in [3.63, 3.8) is 0 Å². The highest BCUT2D eigenvalue weighted by Gasteiger charge is 2.51. The third kappa shape index (κ3) is 1.38. The summed E-state index contributed by atoms with van der Waals surface area (Å²) >= 11 is 6.16. The van der Waals surface area contributed by atoms with Gasteiger partial charge in [-0.25, -0.2) is 4.79 Å². The van der Waals surface area contributed by atoms with Crippen molar-refractivity contribution < 1.29 is 14.7 Å². The Morgan fingerprint density at radius 2 is 2.40 bits per heavy atom. The van der Waals surface area contributed by atoms with E-state index in [0.717, 1.165) is 0 Å². The minimum atomic E-state index is -1.13. The predicted molar refractivity (Wildman–Crippen MR) is 59.4 cm³/mol. The van der Waals surface area contributed by atoms with Crippen LogP contribution in [-0.4, -0.2) is 44.4 Å². The van der Waals surface area contributed by atoms with Crippen LogP contribution in [0.2, 0.25) is 0 Å². The van der Waals surface area contributed by atoms with Gasteiger partial charge < -0.3 is 10.8 Å². The minimum Gasteiger partial charge on any atom is -0.477 e. The van der Waals surface area contributed by atoms with E-state index >= 15 is 0 Å². The van der Waals surface area contributed by atoms with Gasteiger partial charge in [0, 0.05) is 16.7 Å². The molecular formula is C8H8N2O3S2. The van der Waals surface area contributed by atoms with Crippen molar-refractivity contribution in [3.05, 3.63) is 11.3 Å². The van der Waals surface area contributed by atoms with Gasteiger partial charge >= 0.3 is 5.97 Å². The molecule has 2 rings (SSSR count). The van der Waals surface area contributed by atoms with E-state index in [1.807, 2.05) is 0 Å². The molecule has 0 spiro atoms. The molecule has 0 aromatic heterocycles. The summed E-state index contributed by atoms with van der Waals surface area (Å²) in [5.74, 6) is -0.983. The highest BCUT2D eigenvalue weighted by molar-refractivity contribution is 8.00. The average Bonchev–Trinajstić information content (AvgIpc) is 2.25. The number of carbonyl (C=O) groups is 2. The number of aliphatic carboxylic acids is 1. The van der Waals surface area contributed by atoms with Gasteiger partial charge in [-0.1, -0.05) is 12.2 Å². The molecule has 0 aliphatic carbocycles. The Morgan fingerprint density at radius 3 is 2.93 bits per heavy atom. The number of amides is 1. The number of thioether (sulfide) groups is 1. The van der Waals surface area contributed by atoms with E-state index in [-0.39, 0.29) is 17.0 Å². The molecule has 1 saturated heterocycles. The lowest BCUT2D eigenvalue weighted by Crippen LogP contribution is -2.68. The van der Waals surface area contributed by atoms with Crippen LogP contribution in [0.15, 0.2) is 11.3 Å². The summed E-state index contributed by atoms with van der Waals surface area (Å²) < 4.78 is 0. The molecule has 7 heteroatoms. The molecule has 0 radical (unpaired) electrons. The van der Waals surface area contributed by atoms with Crippen LogP contribution in [0.5, 0.6) is 0 Å². The number of fused-ring (bicyclic) bond motifs is 1. The van der Waals surface area contributed by atoms with Gasteiger partial charge in [-0.3, -0.25) is 9.69 Å². The van der Waals surface area contributed by atoms with Crippen LogP contribution in [0.1, 0.15) is 0 Å². The molecule has 5 nitrogen and oxygen atoms in total. The lowest BCUT2D eigenvalue weighted by atomic mass is 10.0.